The highest BCUT2D eigenvalue weighted by Gasteiger charge is 2.18. The van der Waals surface area contributed by atoms with Gasteiger partial charge in [0.2, 0.25) is 0 Å². The summed E-state index contributed by atoms with van der Waals surface area (Å²) in [4.78, 5) is 2.37. The van der Waals surface area contributed by atoms with Gasteiger partial charge in [0.1, 0.15) is 5.82 Å². The van der Waals surface area contributed by atoms with Crippen LogP contribution in [-0.4, -0.2) is 17.3 Å². The highest BCUT2D eigenvalue weighted by atomic mass is 32.1. The maximum absolute atomic E-state index is 13.3. The van der Waals surface area contributed by atoms with Crippen LogP contribution >= 0.6 is 11.3 Å². The minimum atomic E-state index is -0.193. The van der Waals surface area contributed by atoms with Crippen molar-refractivity contribution in [2.75, 3.05) is 0 Å². The molecule has 0 spiro atoms. The van der Waals surface area contributed by atoms with Crippen molar-refractivity contribution in [3.8, 4) is 10.4 Å². The van der Waals surface area contributed by atoms with Crippen LogP contribution < -0.4 is 5.32 Å². The third kappa shape index (κ3) is 3.90. The molecule has 0 unspecified atom stereocenters. The van der Waals surface area contributed by atoms with Gasteiger partial charge in [0.15, 0.2) is 0 Å². The molecule has 21 heavy (non-hydrogen) atoms. The Labute approximate surface area is 128 Å². The van der Waals surface area contributed by atoms with Gasteiger partial charge in [0.25, 0.3) is 0 Å². The van der Waals surface area contributed by atoms with Crippen LogP contribution in [0.2, 0.25) is 0 Å². The second kappa shape index (κ2) is 6.69. The van der Waals surface area contributed by atoms with Crippen molar-refractivity contribution in [1.29, 1.82) is 0 Å². The molecule has 1 saturated carbocycles. The van der Waals surface area contributed by atoms with Crippen LogP contribution in [0.4, 0.5) is 4.39 Å². The van der Waals surface area contributed by atoms with Crippen LogP contribution in [0.15, 0.2) is 36.4 Å². The molecule has 1 aromatic carbocycles. The molecule has 3 rings (SSSR count). The van der Waals surface area contributed by atoms with Crippen LogP contribution in [0.1, 0.15) is 30.6 Å². The van der Waals surface area contributed by atoms with E-state index >= 15 is 0 Å². The summed E-state index contributed by atoms with van der Waals surface area (Å²) in [5, 5.41) is 13.1. The van der Waals surface area contributed by atoms with Gasteiger partial charge in [-0.2, -0.15) is 0 Å². The molecule has 0 atom stereocenters. The van der Waals surface area contributed by atoms with E-state index in [4.69, 9.17) is 0 Å². The van der Waals surface area contributed by atoms with E-state index in [2.05, 4.69) is 17.4 Å². The Bertz CT molecular complexity index is 590. The Morgan fingerprint density at radius 1 is 1.14 bits per heavy atom. The van der Waals surface area contributed by atoms with Crippen molar-refractivity contribution in [2.45, 2.75) is 44.4 Å². The predicted molar refractivity (Wildman–Crippen MR) is 84.8 cm³/mol. The van der Waals surface area contributed by atoms with Crippen molar-refractivity contribution >= 4 is 11.3 Å². The number of benzene rings is 1. The molecule has 0 aliphatic heterocycles. The van der Waals surface area contributed by atoms with E-state index < -0.39 is 0 Å². The third-order valence-electron chi connectivity index (χ3n) is 4.03. The molecule has 0 saturated heterocycles. The molecule has 0 radical (unpaired) electrons. The predicted octanol–water partition coefficient (Wildman–Crippen LogP) is 3.95. The Balaban J connectivity index is 1.58. The molecule has 4 heteroatoms. The fourth-order valence-electron chi connectivity index (χ4n) is 2.79. The normalized spacial score (nSPS) is 22.4. The summed E-state index contributed by atoms with van der Waals surface area (Å²) < 4.78 is 13.3. The zero-order valence-electron chi connectivity index (χ0n) is 11.9. The first-order chi connectivity index (χ1) is 10.2. The molecule has 1 aliphatic carbocycles. The average Bonchev–Trinajstić information content (AvgIpc) is 2.96. The summed E-state index contributed by atoms with van der Waals surface area (Å²) in [5.41, 5.74) is 0.937. The fourth-order valence-corrected chi connectivity index (χ4v) is 3.75. The average molecular weight is 305 g/mol. The third-order valence-corrected chi connectivity index (χ3v) is 5.17. The van der Waals surface area contributed by atoms with Gasteiger partial charge in [-0.25, -0.2) is 4.39 Å². The van der Waals surface area contributed by atoms with E-state index in [1.807, 2.05) is 6.07 Å². The van der Waals surface area contributed by atoms with Gasteiger partial charge in [-0.1, -0.05) is 12.1 Å². The largest absolute Gasteiger partial charge is 0.393 e. The highest BCUT2D eigenvalue weighted by Crippen LogP contribution is 2.29. The molecule has 1 aromatic heterocycles. The lowest BCUT2D eigenvalue weighted by Crippen LogP contribution is -2.33. The lowest BCUT2D eigenvalue weighted by Gasteiger charge is -2.26. The molecular formula is C17H20FNOS. The number of halogens is 1. The SMILES string of the molecule is OC1CCC(NCc2ccc(-c3cccc(F)c3)s2)CC1. The van der Waals surface area contributed by atoms with Crippen molar-refractivity contribution in [2.24, 2.45) is 0 Å². The summed E-state index contributed by atoms with van der Waals surface area (Å²) in [6, 6.07) is 11.4. The number of rotatable bonds is 4. The zero-order valence-corrected chi connectivity index (χ0v) is 12.7. The van der Waals surface area contributed by atoms with Gasteiger partial charge in [0, 0.05) is 22.3 Å². The Morgan fingerprint density at radius 2 is 1.95 bits per heavy atom. The monoisotopic (exact) mass is 305 g/mol. The van der Waals surface area contributed by atoms with Crippen LogP contribution in [0, 0.1) is 5.82 Å². The molecule has 2 N–H and O–H groups in total. The molecule has 1 fully saturated rings. The summed E-state index contributed by atoms with van der Waals surface area (Å²) in [6.07, 6.45) is 3.78. The Kier molecular flexibility index (Phi) is 4.68. The second-order valence-corrected chi connectivity index (χ2v) is 6.83. The molecule has 0 amide bonds. The van der Waals surface area contributed by atoms with Crippen molar-refractivity contribution in [3.63, 3.8) is 0 Å². The first kappa shape index (κ1) is 14.7. The lowest BCUT2D eigenvalue weighted by molar-refractivity contribution is 0.116. The summed E-state index contributed by atoms with van der Waals surface area (Å²) in [5.74, 6) is -0.193. The minimum Gasteiger partial charge on any atom is -0.393 e. The minimum absolute atomic E-state index is 0.107. The van der Waals surface area contributed by atoms with Gasteiger partial charge in [-0.05, 0) is 55.5 Å². The molecule has 2 nitrogen and oxygen atoms in total. The van der Waals surface area contributed by atoms with Crippen molar-refractivity contribution in [3.05, 3.63) is 47.1 Å². The van der Waals surface area contributed by atoms with E-state index in [9.17, 15) is 9.50 Å². The van der Waals surface area contributed by atoms with Gasteiger partial charge in [-0.15, -0.1) is 11.3 Å². The van der Waals surface area contributed by atoms with Crippen LogP contribution in [0.25, 0.3) is 10.4 Å². The van der Waals surface area contributed by atoms with Gasteiger partial charge < -0.3 is 10.4 Å². The van der Waals surface area contributed by atoms with Crippen LogP contribution in [0.5, 0.6) is 0 Å². The van der Waals surface area contributed by atoms with Gasteiger partial charge in [0.05, 0.1) is 6.10 Å². The first-order valence-corrected chi connectivity index (χ1v) is 8.28. The number of aliphatic hydroxyl groups is 1. The van der Waals surface area contributed by atoms with Crippen LogP contribution in [-0.2, 0) is 6.54 Å². The quantitative estimate of drug-likeness (QED) is 0.896. The number of nitrogens with one attached hydrogen (secondary N) is 1. The molecule has 0 bridgehead atoms. The van der Waals surface area contributed by atoms with E-state index in [1.165, 1.54) is 10.9 Å². The van der Waals surface area contributed by atoms with E-state index in [0.717, 1.165) is 42.7 Å². The topological polar surface area (TPSA) is 32.3 Å². The number of aliphatic hydroxyl groups excluding tert-OH is 1. The molecular weight excluding hydrogens is 285 g/mol. The van der Waals surface area contributed by atoms with E-state index in [0.29, 0.717) is 6.04 Å². The highest BCUT2D eigenvalue weighted by molar-refractivity contribution is 7.15. The molecule has 2 aromatic rings. The summed E-state index contributed by atoms with van der Waals surface area (Å²) in [6.45, 7) is 0.848. The van der Waals surface area contributed by atoms with E-state index in [1.54, 1.807) is 23.5 Å². The Hall–Kier alpha value is -1.23. The first-order valence-electron chi connectivity index (χ1n) is 7.47. The number of thiophene rings is 1. The summed E-state index contributed by atoms with van der Waals surface area (Å²) >= 11 is 1.71. The number of hydrogen-bond acceptors (Lipinski definition) is 3. The van der Waals surface area contributed by atoms with E-state index in [-0.39, 0.29) is 11.9 Å². The molecule has 1 heterocycles. The molecule has 112 valence electrons. The van der Waals surface area contributed by atoms with Gasteiger partial charge >= 0.3 is 0 Å². The zero-order chi connectivity index (χ0) is 14.7. The van der Waals surface area contributed by atoms with Crippen molar-refractivity contribution < 1.29 is 9.50 Å². The lowest BCUT2D eigenvalue weighted by atomic mass is 9.93. The van der Waals surface area contributed by atoms with Crippen molar-refractivity contribution in [1.82, 2.24) is 5.32 Å². The second-order valence-electron chi connectivity index (χ2n) is 5.66. The fraction of sp³-hybridized carbons (Fsp3) is 0.412. The molecule has 1 aliphatic rings. The number of hydrogen-bond donors (Lipinski definition) is 2. The maximum Gasteiger partial charge on any atom is 0.123 e. The van der Waals surface area contributed by atoms with Crippen LogP contribution in [0.3, 0.4) is 0 Å². The van der Waals surface area contributed by atoms with Gasteiger partial charge in [-0.3, -0.25) is 0 Å². The maximum atomic E-state index is 13.3. The smallest absolute Gasteiger partial charge is 0.123 e. The Morgan fingerprint density at radius 3 is 2.71 bits per heavy atom. The summed E-state index contributed by atoms with van der Waals surface area (Å²) in [7, 11) is 0. The standard InChI is InChI=1S/C17H20FNOS/c18-13-3-1-2-12(10-13)17-9-8-16(21-17)11-19-14-4-6-15(20)7-5-14/h1-3,8-10,14-15,19-20H,4-7,11H2.